The van der Waals surface area contributed by atoms with E-state index in [0.717, 1.165) is 24.1 Å². The lowest BCUT2D eigenvalue weighted by Gasteiger charge is -2.06. The zero-order valence-electron chi connectivity index (χ0n) is 12.8. The van der Waals surface area contributed by atoms with Crippen molar-refractivity contribution >= 4 is 10.0 Å². The van der Waals surface area contributed by atoms with Crippen LogP contribution in [0.3, 0.4) is 0 Å². The summed E-state index contributed by atoms with van der Waals surface area (Å²) in [5.41, 5.74) is 2.24. The molecule has 1 heterocycles. The summed E-state index contributed by atoms with van der Waals surface area (Å²) in [6, 6.07) is 16.5. The molecule has 0 bridgehead atoms. The summed E-state index contributed by atoms with van der Waals surface area (Å²) in [5.74, 6) is 0. The van der Waals surface area contributed by atoms with Gasteiger partial charge in [-0.25, -0.2) is 17.8 Å². The Morgan fingerprint density at radius 2 is 1.83 bits per heavy atom. The van der Waals surface area contributed by atoms with Crippen LogP contribution in [0.25, 0.3) is 16.9 Å². The molecule has 3 aromatic rings. The second-order valence-corrected chi connectivity index (χ2v) is 7.52. The molecule has 1 N–H and O–H groups in total. The summed E-state index contributed by atoms with van der Waals surface area (Å²) >= 11 is 0. The molecule has 0 amide bonds. The van der Waals surface area contributed by atoms with Crippen LogP contribution in [0.1, 0.15) is 12.8 Å². The number of rotatable bonds is 5. The molecule has 0 saturated heterocycles. The van der Waals surface area contributed by atoms with Gasteiger partial charge < -0.3 is 0 Å². The fourth-order valence-corrected chi connectivity index (χ4v) is 3.76. The van der Waals surface area contributed by atoms with Crippen molar-refractivity contribution in [3.63, 3.8) is 0 Å². The van der Waals surface area contributed by atoms with Gasteiger partial charge in [0.1, 0.15) is 5.69 Å². The first kappa shape index (κ1) is 15.0. The third-order valence-corrected chi connectivity index (χ3v) is 5.37. The number of para-hydroxylation sites is 1. The molecule has 0 aliphatic heterocycles. The molecule has 0 spiro atoms. The highest BCUT2D eigenvalue weighted by Gasteiger charge is 2.28. The lowest BCUT2D eigenvalue weighted by Crippen LogP contribution is -2.25. The minimum Gasteiger partial charge on any atom is -0.220 e. The van der Waals surface area contributed by atoms with E-state index < -0.39 is 10.0 Å². The molecule has 1 aliphatic rings. The second-order valence-electron chi connectivity index (χ2n) is 5.81. The van der Waals surface area contributed by atoms with E-state index in [0.29, 0.717) is 5.69 Å². The van der Waals surface area contributed by atoms with Gasteiger partial charge in [-0.05, 0) is 37.1 Å². The van der Waals surface area contributed by atoms with E-state index >= 15 is 0 Å². The van der Waals surface area contributed by atoms with E-state index in [1.54, 1.807) is 29.1 Å². The topological polar surface area (TPSA) is 76.9 Å². The molecule has 122 valence electrons. The summed E-state index contributed by atoms with van der Waals surface area (Å²) in [7, 11) is -3.48. The molecule has 1 aliphatic carbocycles. The number of benzene rings is 2. The second kappa shape index (κ2) is 5.85. The van der Waals surface area contributed by atoms with Crippen LogP contribution in [0.5, 0.6) is 0 Å². The fraction of sp³-hybridized carbons (Fsp3) is 0.176. The van der Waals surface area contributed by atoms with Gasteiger partial charge >= 0.3 is 0 Å². The predicted molar refractivity (Wildman–Crippen MR) is 90.1 cm³/mol. The summed E-state index contributed by atoms with van der Waals surface area (Å²) in [4.78, 5) is 0.251. The molecule has 1 saturated carbocycles. The van der Waals surface area contributed by atoms with Crippen LogP contribution >= 0.6 is 0 Å². The number of aromatic nitrogens is 3. The van der Waals surface area contributed by atoms with E-state index in [2.05, 4.69) is 15.0 Å². The van der Waals surface area contributed by atoms with Crippen LogP contribution in [0.15, 0.2) is 65.7 Å². The summed E-state index contributed by atoms with van der Waals surface area (Å²) in [6.07, 6.45) is 3.60. The van der Waals surface area contributed by atoms with Crippen molar-refractivity contribution in [2.75, 3.05) is 0 Å². The van der Waals surface area contributed by atoms with Crippen LogP contribution in [0.2, 0.25) is 0 Å². The largest absolute Gasteiger partial charge is 0.240 e. The highest BCUT2D eigenvalue weighted by Crippen LogP contribution is 2.25. The average molecular weight is 340 g/mol. The van der Waals surface area contributed by atoms with E-state index in [9.17, 15) is 8.42 Å². The maximum absolute atomic E-state index is 12.3. The zero-order valence-corrected chi connectivity index (χ0v) is 13.6. The minimum absolute atomic E-state index is 0.0811. The van der Waals surface area contributed by atoms with Gasteiger partial charge in [-0.1, -0.05) is 35.5 Å². The van der Waals surface area contributed by atoms with Crippen LogP contribution in [-0.4, -0.2) is 29.5 Å². The van der Waals surface area contributed by atoms with Gasteiger partial charge in [0.05, 0.1) is 16.8 Å². The zero-order chi connectivity index (χ0) is 16.6. The van der Waals surface area contributed by atoms with Gasteiger partial charge in [0, 0.05) is 11.6 Å². The summed E-state index contributed by atoms with van der Waals surface area (Å²) < 4.78 is 29.0. The van der Waals surface area contributed by atoms with Gasteiger partial charge in [0.15, 0.2) is 0 Å². The normalized spacial score (nSPS) is 14.7. The van der Waals surface area contributed by atoms with Crippen molar-refractivity contribution in [2.24, 2.45) is 0 Å². The van der Waals surface area contributed by atoms with Crippen molar-refractivity contribution in [2.45, 2.75) is 23.8 Å². The Bertz CT molecular complexity index is 963. The SMILES string of the molecule is O=S(=O)(NC1CC1)c1cccc(-c2cn(-c3ccccc3)nn2)c1. The van der Waals surface area contributed by atoms with Crippen molar-refractivity contribution < 1.29 is 8.42 Å². The third-order valence-electron chi connectivity index (χ3n) is 3.85. The molecule has 0 atom stereocenters. The van der Waals surface area contributed by atoms with Gasteiger partial charge in [0.25, 0.3) is 0 Å². The number of sulfonamides is 1. The van der Waals surface area contributed by atoms with Gasteiger partial charge in [0.2, 0.25) is 10.0 Å². The quantitative estimate of drug-likeness (QED) is 0.773. The lowest BCUT2D eigenvalue weighted by atomic mass is 10.2. The third kappa shape index (κ3) is 3.08. The lowest BCUT2D eigenvalue weighted by molar-refractivity contribution is 0.581. The summed E-state index contributed by atoms with van der Waals surface area (Å²) in [6.45, 7) is 0. The van der Waals surface area contributed by atoms with E-state index in [4.69, 9.17) is 0 Å². The van der Waals surface area contributed by atoms with Crippen LogP contribution in [0.4, 0.5) is 0 Å². The smallest absolute Gasteiger partial charge is 0.220 e. The molecule has 24 heavy (non-hydrogen) atoms. The molecule has 2 aromatic carbocycles. The van der Waals surface area contributed by atoms with Crippen molar-refractivity contribution in [1.82, 2.24) is 19.7 Å². The van der Waals surface area contributed by atoms with Gasteiger partial charge in [-0.3, -0.25) is 0 Å². The highest BCUT2D eigenvalue weighted by atomic mass is 32.2. The highest BCUT2D eigenvalue weighted by molar-refractivity contribution is 7.89. The Hall–Kier alpha value is -2.51. The first-order valence-corrected chi connectivity index (χ1v) is 9.21. The van der Waals surface area contributed by atoms with Crippen LogP contribution in [0, 0.1) is 0 Å². The maximum Gasteiger partial charge on any atom is 0.240 e. The van der Waals surface area contributed by atoms with Crippen molar-refractivity contribution in [1.29, 1.82) is 0 Å². The standard InChI is InChI=1S/C17H16N4O2S/c22-24(23,19-14-9-10-14)16-8-4-5-13(11-16)17-12-21(20-18-17)15-6-2-1-3-7-15/h1-8,11-12,14,19H,9-10H2. The van der Waals surface area contributed by atoms with E-state index in [1.165, 1.54) is 0 Å². The van der Waals surface area contributed by atoms with Gasteiger partial charge in [-0.2, -0.15) is 0 Å². The molecule has 1 fully saturated rings. The summed E-state index contributed by atoms with van der Waals surface area (Å²) in [5, 5.41) is 8.27. The maximum atomic E-state index is 12.3. The molecule has 0 unspecified atom stereocenters. The predicted octanol–water partition coefficient (Wildman–Crippen LogP) is 2.38. The van der Waals surface area contributed by atoms with Gasteiger partial charge in [-0.15, -0.1) is 5.10 Å². The number of nitrogens with one attached hydrogen (secondary N) is 1. The molecule has 0 radical (unpaired) electrons. The Morgan fingerprint density at radius 3 is 2.58 bits per heavy atom. The molecule has 4 rings (SSSR count). The molecule has 1 aromatic heterocycles. The fourth-order valence-electron chi connectivity index (χ4n) is 2.41. The van der Waals surface area contributed by atoms with Crippen LogP contribution < -0.4 is 4.72 Å². The first-order chi connectivity index (χ1) is 11.6. The minimum atomic E-state index is -3.48. The molecular weight excluding hydrogens is 324 g/mol. The first-order valence-electron chi connectivity index (χ1n) is 7.72. The Balaban J connectivity index is 1.65. The van der Waals surface area contributed by atoms with Crippen LogP contribution in [-0.2, 0) is 10.0 Å². The van der Waals surface area contributed by atoms with Crippen molar-refractivity contribution in [3.8, 4) is 16.9 Å². The Labute approximate surface area is 140 Å². The molecule has 7 heteroatoms. The Kier molecular flexibility index (Phi) is 3.66. The molecule has 6 nitrogen and oxygen atoms in total. The monoisotopic (exact) mass is 340 g/mol. The number of hydrogen-bond donors (Lipinski definition) is 1. The van der Waals surface area contributed by atoms with E-state index in [1.807, 2.05) is 36.4 Å². The number of hydrogen-bond acceptors (Lipinski definition) is 4. The Morgan fingerprint density at radius 1 is 1.04 bits per heavy atom. The number of nitrogens with zero attached hydrogens (tertiary/aromatic N) is 3. The van der Waals surface area contributed by atoms with Crippen molar-refractivity contribution in [3.05, 3.63) is 60.8 Å². The molecular formula is C17H16N4O2S. The van der Waals surface area contributed by atoms with E-state index in [-0.39, 0.29) is 10.9 Å². The average Bonchev–Trinajstić information content (AvgIpc) is 3.26.